The highest BCUT2D eigenvalue weighted by Gasteiger charge is 2.45. The molecule has 158 valence electrons. The van der Waals surface area contributed by atoms with E-state index in [4.69, 9.17) is 9.47 Å². The second-order valence-corrected chi connectivity index (χ2v) is 6.88. The van der Waals surface area contributed by atoms with E-state index >= 15 is 0 Å². The van der Waals surface area contributed by atoms with Crippen LogP contribution in [0.25, 0.3) is 11.2 Å². The maximum absolute atomic E-state index is 13.0. The third-order valence-electron chi connectivity index (χ3n) is 5.22. The molecule has 0 saturated carbocycles. The molecule has 1 aromatic carbocycles. The number of carbonyl (C=O) groups excluding carboxylic acids is 1. The standard InChI is InChI=1S/C20H23N5O5/c1-3-24(19(28)12-7-5-4-6-8-12)17-14-18(22-10-21-17)25(11-23-14)20-16(29-2)15(27)13(9-26)30-20/h4-8,10-11,13,15-16,20,26-27H,3,9H2,1-2H3/t13-,15-,16-,20-/m1/s1. The highest BCUT2D eigenvalue weighted by molar-refractivity contribution is 6.08. The molecule has 1 aliphatic rings. The molecule has 10 heteroatoms. The second-order valence-electron chi connectivity index (χ2n) is 6.88. The minimum absolute atomic E-state index is 0.199. The van der Waals surface area contributed by atoms with Crippen LogP contribution in [0.4, 0.5) is 5.82 Å². The Hall–Kier alpha value is -2.92. The van der Waals surface area contributed by atoms with Gasteiger partial charge in [0.05, 0.1) is 12.9 Å². The monoisotopic (exact) mass is 413 g/mol. The molecule has 1 aliphatic heterocycles. The van der Waals surface area contributed by atoms with Crippen LogP contribution >= 0.6 is 0 Å². The van der Waals surface area contributed by atoms with Crippen molar-refractivity contribution in [2.75, 3.05) is 25.2 Å². The van der Waals surface area contributed by atoms with E-state index in [0.717, 1.165) is 0 Å². The van der Waals surface area contributed by atoms with E-state index in [2.05, 4.69) is 15.0 Å². The minimum Gasteiger partial charge on any atom is -0.394 e. The molecule has 0 bridgehead atoms. The zero-order valence-corrected chi connectivity index (χ0v) is 16.6. The van der Waals surface area contributed by atoms with Crippen molar-refractivity contribution in [1.82, 2.24) is 19.5 Å². The number of hydrogen-bond acceptors (Lipinski definition) is 8. The summed E-state index contributed by atoms with van der Waals surface area (Å²) in [6.45, 7) is 1.90. The van der Waals surface area contributed by atoms with Crippen LogP contribution in [-0.4, -0.2) is 74.2 Å². The average Bonchev–Trinajstić information content (AvgIpc) is 3.35. The molecule has 4 atom stereocenters. The Kier molecular flexibility index (Phi) is 5.73. The third kappa shape index (κ3) is 3.33. The highest BCUT2D eigenvalue weighted by atomic mass is 16.6. The maximum atomic E-state index is 13.0. The molecule has 2 N–H and O–H groups in total. The molecule has 0 radical (unpaired) electrons. The number of hydrogen-bond donors (Lipinski definition) is 2. The van der Waals surface area contributed by atoms with E-state index in [1.807, 2.05) is 13.0 Å². The molecule has 1 amide bonds. The molecular formula is C20H23N5O5. The van der Waals surface area contributed by atoms with Gasteiger partial charge in [0.15, 0.2) is 23.2 Å². The number of methoxy groups -OCH3 is 1. The highest BCUT2D eigenvalue weighted by Crippen LogP contribution is 2.34. The SMILES string of the molecule is CCN(C(=O)c1ccccc1)c1ncnc2c1ncn2[C@@H]1O[C@H](CO)[C@@H](O)[C@H]1OC. The van der Waals surface area contributed by atoms with E-state index in [1.54, 1.807) is 28.8 Å². The maximum Gasteiger partial charge on any atom is 0.259 e. The van der Waals surface area contributed by atoms with Crippen molar-refractivity contribution in [3.8, 4) is 0 Å². The van der Waals surface area contributed by atoms with Crippen molar-refractivity contribution in [1.29, 1.82) is 0 Å². The van der Waals surface area contributed by atoms with Gasteiger partial charge in [-0.2, -0.15) is 0 Å². The number of carbonyl (C=O) groups is 1. The summed E-state index contributed by atoms with van der Waals surface area (Å²) in [4.78, 5) is 27.6. The van der Waals surface area contributed by atoms with Crippen molar-refractivity contribution >= 4 is 22.9 Å². The number of aliphatic hydroxyl groups excluding tert-OH is 2. The molecular weight excluding hydrogens is 390 g/mol. The molecule has 1 fully saturated rings. The van der Waals surface area contributed by atoms with E-state index in [1.165, 1.54) is 24.7 Å². The van der Waals surface area contributed by atoms with E-state index < -0.39 is 24.5 Å². The topological polar surface area (TPSA) is 123 Å². The van der Waals surface area contributed by atoms with E-state index in [9.17, 15) is 15.0 Å². The fourth-order valence-corrected chi connectivity index (χ4v) is 3.70. The van der Waals surface area contributed by atoms with E-state index in [0.29, 0.717) is 29.1 Å². The van der Waals surface area contributed by atoms with Crippen LogP contribution in [-0.2, 0) is 9.47 Å². The number of imidazole rings is 1. The molecule has 3 aromatic rings. The van der Waals surface area contributed by atoms with Crippen molar-refractivity contribution in [3.05, 3.63) is 48.5 Å². The largest absolute Gasteiger partial charge is 0.394 e. The summed E-state index contributed by atoms with van der Waals surface area (Å²) in [6, 6.07) is 8.94. The lowest BCUT2D eigenvalue weighted by Crippen LogP contribution is -2.34. The number of nitrogens with zero attached hydrogens (tertiary/aromatic N) is 5. The summed E-state index contributed by atoms with van der Waals surface area (Å²) >= 11 is 0. The molecule has 0 aliphatic carbocycles. The quantitative estimate of drug-likeness (QED) is 0.607. The van der Waals surface area contributed by atoms with Crippen LogP contribution in [0.15, 0.2) is 43.0 Å². The molecule has 2 aromatic heterocycles. The van der Waals surface area contributed by atoms with Crippen LogP contribution in [0.1, 0.15) is 23.5 Å². The first kappa shape index (κ1) is 20.4. The van der Waals surface area contributed by atoms with Crippen LogP contribution in [0.5, 0.6) is 0 Å². The van der Waals surface area contributed by atoms with Gasteiger partial charge in [-0.15, -0.1) is 0 Å². The zero-order chi connectivity index (χ0) is 21.3. The number of aliphatic hydroxyl groups is 2. The van der Waals surface area contributed by atoms with Gasteiger partial charge in [-0.25, -0.2) is 15.0 Å². The lowest BCUT2D eigenvalue weighted by Gasteiger charge is -2.21. The predicted molar refractivity (Wildman–Crippen MR) is 107 cm³/mol. The molecule has 4 rings (SSSR count). The Morgan fingerprint density at radius 2 is 2.03 bits per heavy atom. The zero-order valence-electron chi connectivity index (χ0n) is 16.6. The van der Waals surface area contributed by atoms with Gasteiger partial charge >= 0.3 is 0 Å². The number of fused-ring (bicyclic) bond motifs is 1. The van der Waals surface area contributed by atoms with Crippen molar-refractivity contribution in [3.63, 3.8) is 0 Å². The first-order chi connectivity index (χ1) is 14.6. The number of amides is 1. The lowest BCUT2D eigenvalue weighted by atomic mass is 10.1. The van der Waals surface area contributed by atoms with Gasteiger partial charge in [0, 0.05) is 19.2 Å². The number of aromatic nitrogens is 4. The molecule has 0 spiro atoms. The number of rotatable bonds is 6. The van der Waals surface area contributed by atoms with Crippen LogP contribution in [0.3, 0.4) is 0 Å². The molecule has 30 heavy (non-hydrogen) atoms. The van der Waals surface area contributed by atoms with Crippen molar-refractivity contribution in [2.45, 2.75) is 31.5 Å². The van der Waals surface area contributed by atoms with Gasteiger partial charge in [-0.3, -0.25) is 14.3 Å². The van der Waals surface area contributed by atoms with Crippen LogP contribution < -0.4 is 4.90 Å². The number of ether oxygens (including phenoxy) is 2. The molecule has 1 saturated heterocycles. The Bertz CT molecular complexity index is 1030. The summed E-state index contributed by atoms with van der Waals surface area (Å²) in [5.74, 6) is 0.177. The summed E-state index contributed by atoms with van der Waals surface area (Å²) < 4.78 is 12.8. The fourth-order valence-electron chi connectivity index (χ4n) is 3.70. The third-order valence-corrected chi connectivity index (χ3v) is 5.22. The second kappa shape index (κ2) is 8.44. The van der Waals surface area contributed by atoms with Gasteiger partial charge in [-0.1, -0.05) is 18.2 Å². The summed E-state index contributed by atoms with van der Waals surface area (Å²) in [5, 5.41) is 19.8. The summed E-state index contributed by atoms with van der Waals surface area (Å²) in [5.41, 5.74) is 1.39. The normalized spacial score (nSPS) is 23.7. The van der Waals surface area contributed by atoms with Gasteiger partial charge in [0.25, 0.3) is 5.91 Å². The Morgan fingerprint density at radius 3 is 2.70 bits per heavy atom. The first-order valence-corrected chi connectivity index (χ1v) is 9.62. The smallest absolute Gasteiger partial charge is 0.259 e. The lowest BCUT2D eigenvalue weighted by molar-refractivity contribution is -0.0583. The van der Waals surface area contributed by atoms with Gasteiger partial charge < -0.3 is 19.7 Å². The Balaban J connectivity index is 1.74. The Morgan fingerprint density at radius 1 is 1.27 bits per heavy atom. The first-order valence-electron chi connectivity index (χ1n) is 9.62. The molecule has 3 heterocycles. The van der Waals surface area contributed by atoms with Crippen molar-refractivity contribution in [2.24, 2.45) is 0 Å². The summed E-state index contributed by atoms with van der Waals surface area (Å²) in [7, 11) is 1.46. The van der Waals surface area contributed by atoms with E-state index in [-0.39, 0.29) is 12.5 Å². The Labute approximate surface area is 172 Å². The van der Waals surface area contributed by atoms with Crippen molar-refractivity contribution < 1.29 is 24.5 Å². The van der Waals surface area contributed by atoms with Crippen LogP contribution in [0.2, 0.25) is 0 Å². The average molecular weight is 413 g/mol. The van der Waals surface area contributed by atoms with Crippen LogP contribution in [0, 0.1) is 0 Å². The summed E-state index contributed by atoms with van der Waals surface area (Å²) in [6.07, 6.45) is -0.387. The fraction of sp³-hybridized carbons (Fsp3) is 0.400. The van der Waals surface area contributed by atoms with Gasteiger partial charge in [-0.05, 0) is 19.1 Å². The number of benzene rings is 1. The number of anilines is 1. The minimum atomic E-state index is -1.00. The predicted octanol–water partition coefficient (Wildman–Crippen LogP) is 0.759. The molecule has 10 nitrogen and oxygen atoms in total. The van der Waals surface area contributed by atoms with Gasteiger partial charge in [0.1, 0.15) is 24.6 Å². The van der Waals surface area contributed by atoms with Gasteiger partial charge in [0.2, 0.25) is 0 Å². The molecule has 0 unspecified atom stereocenters.